The fourth-order valence-corrected chi connectivity index (χ4v) is 3.46. The molecule has 1 fully saturated rings. The van der Waals surface area contributed by atoms with Gasteiger partial charge in [0.2, 0.25) is 15.9 Å². The Bertz CT molecular complexity index is 702. The summed E-state index contributed by atoms with van der Waals surface area (Å²) in [6.45, 7) is 0.627. The Hall–Kier alpha value is -1.93. The van der Waals surface area contributed by atoms with Crippen LogP contribution in [0.15, 0.2) is 24.3 Å². The maximum atomic E-state index is 12.3. The molecule has 1 aromatic rings. The lowest BCUT2D eigenvalue weighted by atomic mass is 9.98. The fraction of sp³-hybridized carbons (Fsp3) is 0.467. The molecule has 1 aliphatic rings. The molecule has 0 bridgehead atoms. The summed E-state index contributed by atoms with van der Waals surface area (Å²) in [5.74, 6) is -1.14. The summed E-state index contributed by atoms with van der Waals surface area (Å²) in [5.41, 5.74) is 0.820. The second kappa shape index (κ2) is 7.10. The summed E-state index contributed by atoms with van der Waals surface area (Å²) in [5, 5.41) is 2.73. The van der Waals surface area contributed by atoms with Gasteiger partial charge in [0.25, 0.3) is 0 Å². The Kier molecular flexibility index (Phi) is 5.38. The third-order valence-electron chi connectivity index (χ3n) is 3.78. The third-order valence-corrected chi connectivity index (χ3v) is 5.04. The number of nitrogens with zero attached hydrogens (tertiary/aromatic N) is 1. The van der Waals surface area contributed by atoms with Gasteiger partial charge in [-0.25, -0.2) is 17.5 Å². The molecule has 0 spiro atoms. The van der Waals surface area contributed by atoms with Crippen LogP contribution in [0, 0.1) is 5.92 Å². The average Bonchev–Trinajstić information content (AvgIpc) is 2.53. The summed E-state index contributed by atoms with van der Waals surface area (Å²) in [6, 6.07) is 6.43. The van der Waals surface area contributed by atoms with Gasteiger partial charge in [0.05, 0.1) is 24.8 Å². The second-order valence-electron chi connectivity index (χ2n) is 5.52. The third kappa shape index (κ3) is 4.52. The molecule has 1 atom stereocenters. The molecule has 1 saturated heterocycles. The highest BCUT2D eigenvalue weighted by molar-refractivity contribution is 7.88. The molecule has 126 valence electrons. The monoisotopic (exact) mass is 340 g/mol. The van der Waals surface area contributed by atoms with Gasteiger partial charge >= 0.3 is 5.97 Å². The van der Waals surface area contributed by atoms with Crippen molar-refractivity contribution in [1.82, 2.24) is 4.31 Å². The molecule has 1 aliphatic heterocycles. The van der Waals surface area contributed by atoms with Crippen molar-refractivity contribution in [3.8, 4) is 0 Å². The van der Waals surface area contributed by atoms with Gasteiger partial charge in [-0.15, -0.1) is 0 Å². The van der Waals surface area contributed by atoms with Crippen molar-refractivity contribution in [2.45, 2.75) is 12.8 Å². The topological polar surface area (TPSA) is 92.8 Å². The molecular formula is C15H20N2O5S. The zero-order chi connectivity index (χ0) is 17.0. The van der Waals surface area contributed by atoms with Gasteiger partial charge < -0.3 is 10.1 Å². The normalized spacial score (nSPS) is 19.1. The predicted molar refractivity (Wildman–Crippen MR) is 85.6 cm³/mol. The molecule has 1 aromatic carbocycles. The zero-order valence-electron chi connectivity index (χ0n) is 13.1. The van der Waals surface area contributed by atoms with Crippen molar-refractivity contribution >= 4 is 27.6 Å². The number of hydrogen-bond donors (Lipinski definition) is 1. The molecule has 7 nitrogen and oxygen atoms in total. The Morgan fingerprint density at radius 2 is 2.09 bits per heavy atom. The van der Waals surface area contributed by atoms with Gasteiger partial charge in [-0.2, -0.15) is 0 Å². The number of methoxy groups -OCH3 is 1. The lowest BCUT2D eigenvalue weighted by Gasteiger charge is -2.30. The smallest absolute Gasteiger partial charge is 0.337 e. The number of hydrogen-bond acceptors (Lipinski definition) is 5. The van der Waals surface area contributed by atoms with Crippen LogP contribution < -0.4 is 5.32 Å². The lowest BCUT2D eigenvalue weighted by Crippen LogP contribution is -2.43. The van der Waals surface area contributed by atoms with E-state index in [1.807, 2.05) is 0 Å². The minimum absolute atomic E-state index is 0.182. The first-order chi connectivity index (χ1) is 10.8. The summed E-state index contributed by atoms with van der Waals surface area (Å²) >= 11 is 0. The summed E-state index contributed by atoms with van der Waals surface area (Å²) in [6.07, 6.45) is 2.43. The first-order valence-electron chi connectivity index (χ1n) is 7.25. The predicted octanol–water partition coefficient (Wildman–Crippen LogP) is 1.08. The number of benzene rings is 1. The number of amides is 1. The molecule has 2 rings (SSSR count). The Morgan fingerprint density at radius 3 is 2.74 bits per heavy atom. The Labute approximate surface area is 135 Å². The van der Waals surface area contributed by atoms with Gasteiger partial charge in [-0.05, 0) is 31.0 Å². The summed E-state index contributed by atoms with van der Waals surface area (Å²) in [7, 11) is -2.01. The van der Waals surface area contributed by atoms with E-state index in [2.05, 4.69) is 10.1 Å². The zero-order valence-corrected chi connectivity index (χ0v) is 13.9. The Balaban J connectivity index is 2.06. The molecule has 0 aromatic heterocycles. The Morgan fingerprint density at radius 1 is 1.35 bits per heavy atom. The first kappa shape index (κ1) is 17.4. The highest BCUT2D eigenvalue weighted by Crippen LogP contribution is 2.21. The maximum Gasteiger partial charge on any atom is 0.337 e. The highest BCUT2D eigenvalue weighted by Gasteiger charge is 2.30. The number of carbonyl (C=O) groups excluding carboxylic acids is 2. The molecule has 1 amide bonds. The van der Waals surface area contributed by atoms with E-state index in [0.29, 0.717) is 30.6 Å². The van der Waals surface area contributed by atoms with Crippen molar-refractivity contribution in [2.24, 2.45) is 5.92 Å². The largest absolute Gasteiger partial charge is 0.465 e. The number of piperidine rings is 1. The highest BCUT2D eigenvalue weighted by atomic mass is 32.2. The molecule has 8 heteroatoms. The molecule has 0 unspecified atom stereocenters. The molecular weight excluding hydrogens is 320 g/mol. The van der Waals surface area contributed by atoms with Crippen molar-refractivity contribution in [2.75, 3.05) is 31.8 Å². The SMILES string of the molecule is COC(=O)c1cccc(NC(=O)[C@@H]2CCCN(S(C)(=O)=O)C2)c1. The number of anilines is 1. The van der Waals surface area contributed by atoms with Crippen molar-refractivity contribution < 1.29 is 22.7 Å². The maximum absolute atomic E-state index is 12.3. The van der Waals surface area contributed by atoms with E-state index >= 15 is 0 Å². The van der Waals surface area contributed by atoms with Crippen LogP contribution in [0.2, 0.25) is 0 Å². The van der Waals surface area contributed by atoms with E-state index in [0.717, 1.165) is 6.26 Å². The van der Waals surface area contributed by atoms with Crippen LogP contribution >= 0.6 is 0 Å². The fourth-order valence-electron chi connectivity index (χ4n) is 2.54. The van der Waals surface area contributed by atoms with Crippen LogP contribution in [0.4, 0.5) is 5.69 Å². The van der Waals surface area contributed by atoms with Gasteiger partial charge in [-0.3, -0.25) is 4.79 Å². The van der Waals surface area contributed by atoms with E-state index in [-0.39, 0.29) is 12.5 Å². The number of carbonyl (C=O) groups is 2. The van der Waals surface area contributed by atoms with Crippen LogP contribution in [0.25, 0.3) is 0 Å². The van der Waals surface area contributed by atoms with Crippen molar-refractivity contribution in [3.63, 3.8) is 0 Å². The van der Waals surface area contributed by atoms with Gasteiger partial charge in [0, 0.05) is 18.8 Å². The molecule has 23 heavy (non-hydrogen) atoms. The second-order valence-corrected chi connectivity index (χ2v) is 7.50. The average molecular weight is 340 g/mol. The van der Waals surface area contributed by atoms with E-state index < -0.39 is 21.9 Å². The van der Waals surface area contributed by atoms with Gasteiger partial charge in [0.1, 0.15) is 0 Å². The molecule has 0 radical (unpaired) electrons. The minimum Gasteiger partial charge on any atom is -0.465 e. The summed E-state index contributed by atoms with van der Waals surface area (Å²) < 4.78 is 29.2. The number of sulfonamides is 1. The van der Waals surface area contributed by atoms with E-state index in [9.17, 15) is 18.0 Å². The van der Waals surface area contributed by atoms with Crippen LogP contribution in [-0.4, -0.2) is 51.1 Å². The molecule has 0 aliphatic carbocycles. The quantitative estimate of drug-likeness (QED) is 0.828. The minimum atomic E-state index is -3.29. The number of rotatable bonds is 4. The van der Waals surface area contributed by atoms with Crippen LogP contribution in [0.5, 0.6) is 0 Å². The van der Waals surface area contributed by atoms with E-state index in [1.54, 1.807) is 18.2 Å². The van der Waals surface area contributed by atoms with Crippen LogP contribution in [0.1, 0.15) is 23.2 Å². The van der Waals surface area contributed by atoms with Crippen molar-refractivity contribution in [3.05, 3.63) is 29.8 Å². The first-order valence-corrected chi connectivity index (χ1v) is 9.10. The van der Waals surface area contributed by atoms with Crippen molar-refractivity contribution in [1.29, 1.82) is 0 Å². The van der Waals surface area contributed by atoms with Gasteiger partial charge in [0.15, 0.2) is 0 Å². The van der Waals surface area contributed by atoms with E-state index in [1.165, 1.54) is 17.5 Å². The van der Waals surface area contributed by atoms with Gasteiger partial charge in [-0.1, -0.05) is 6.07 Å². The molecule has 1 heterocycles. The standard InChI is InChI=1S/C15H20N2O5S/c1-22-15(19)11-5-3-7-13(9-11)16-14(18)12-6-4-8-17(10-12)23(2,20)21/h3,5,7,9,12H,4,6,8,10H2,1-2H3,(H,16,18)/t12-/m1/s1. The van der Waals surface area contributed by atoms with Crippen LogP contribution in [0.3, 0.4) is 0 Å². The number of esters is 1. The molecule has 1 N–H and O–H groups in total. The number of nitrogens with one attached hydrogen (secondary N) is 1. The molecule has 0 saturated carbocycles. The lowest BCUT2D eigenvalue weighted by molar-refractivity contribution is -0.120. The number of ether oxygens (including phenoxy) is 1. The van der Waals surface area contributed by atoms with Crippen LogP contribution in [-0.2, 0) is 19.6 Å². The van der Waals surface area contributed by atoms with E-state index in [4.69, 9.17) is 0 Å². The summed E-state index contributed by atoms with van der Waals surface area (Å²) in [4.78, 5) is 23.8.